The van der Waals surface area contributed by atoms with Gasteiger partial charge in [-0.1, -0.05) is 49.7 Å². The molecular formula is C22H29N3O3. The lowest BCUT2D eigenvalue weighted by Gasteiger charge is -2.26. The van der Waals surface area contributed by atoms with Gasteiger partial charge in [-0.3, -0.25) is 4.79 Å². The van der Waals surface area contributed by atoms with E-state index in [1.54, 1.807) is 24.3 Å². The molecule has 150 valence electrons. The Morgan fingerprint density at radius 3 is 2.50 bits per heavy atom. The number of nitrogens with one attached hydrogen (secondary N) is 3. The summed E-state index contributed by atoms with van der Waals surface area (Å²) in [6.07, 6.45) is 0. The minimum Gasteiger partial charge on any atom is -0.492 e. The number of ether oxygens (including phenoxy) is 1. The molecule has 2 aromatic carbocycles. The number of amides is 3. The highest BCUT2D eigenvalue weighted by atomic mass is 16.5. The number of carbonyl (C=O) groups excluding carboxylic acids is 2. The molecule has 0 heterocycles. The molecule has 0 saturated carbocycles. The van der Waals surface area contributed by atoms with Crippen molar-refractivity contribution in [2.75, 3.05) is 25.0 Å². The van der Waals surface area contributed by atoms with Crippen LogP contribution in [0.25, 0.3) is 0 Å². The Morgan fingerprint density at radius 2 is 1.79 bits per heavy atom. The summed E-state index contributed by atoms with van der Waals surface area (Å²) in [5.74, 6) is 0.498. The van der Waals surface area contributed by atoms with E-state index in [1.165, 1.54) is 18.1 Å². The van der Waals surface area contributed by atoms with Gasteiger partial charge in [0.05, 0.1) is 6.54 Å². The zero-order valence-corrected chi connectivity index (χ0v) is 17.0. The van der Waals surface area contributed by atoms with Crippen LogP contribution in [-0.2, 0) is 10.2 Å². The average molecular weight is 383 g/mol. The molecule has 0 unspecified atom stereocenters. The molecule has 6 nitrogen and oxygen atoms in total. The molecule has 0 spiro atoms. The van der Waals surface area contributed by atoms with E-state index < -0.39 is 0 Å². The number of aryl methyl sites for hydroxylation is 1. The van der Waals surface area contributed by atoms with Crippen molar-refractivity contribution in [2.45, 2.75) is 33.1 Å². The van der Waals surface area contributed by atoms with Crippen LogP contribution >= 0.6 is 0 Å². The lowest BCUT2D eigenvalue weighted by Crippen LogP contribution is -2.43. The zero-order chi connectivity index (χ0) is 20.6. The molecule has 6 heteroatoms. The van der Waals surface area contributed by atoms with Crippen molar-refractivity contribution in [1.82, 2.24) is 10.6 Å². The van der Waals surface area contributed by atoms with Gasteiger partial charge < -0.3 is 20.7 Å². The molecule has 0 atom stereocenters. The fourth-order valence-corrected chi connectivity index (χ4v) is 2.73. The molecule has 0 aromatic heterocycles. The number of anilines is 1. The Bertz CT molecular complexity index is 818. The highest BCUT2D eigenvalue weighted by Crippen LogP contribution is 2.23. The van der Waals surface area contributed by atoms with Gasteiger partial charge in [0, 0.05) is 30.6 Å². The van der Waals surface area contributed by atoms with Crippen LogP contribution in [0.15, 0.2) is 48.5 Å². The van der Waals surface area contributed by atoms with Crippen LogP contribution in [0.5, 0.6) is 5.75 Å². The minimum absolute atomic E-state index is 0.135. The minimum atomic E-state index is -0.226. The molecular weight excluding hydrogens is 354 g/mol. The first kappa shape index (κ1) is 21.3. The molecule has 0 saturated heterocycles. The quantitative estimate of drug-likeness (QED) is 0.609. The summed E-state index contributed by atoms with van der Waals surface area (Å²) in [4.78, 5) is 23.1. The van der Waals surface area contributed by atoms with Crippen molar-refractivity contribution < 1.29 is 14.3 Å². The van der Waals surface area contributed by atoms with Gasteiger partial charge in [0.25, 0.3) is 0 Å². The fraction of sp³-hybridized carbons (Fsp3) is 0.364. The maximum absolute atomic E-state index is 12.0. The Hall–Kier alpha value is -3.02. The summed E-state index contributed by atoms with van der Waals surface area (Å²) in [6, 6.07) is 15.2. The largest absolute Gasteiger partial charge is 0.492 e. The summed E-state index contributed by atoms with van der Waals surface area (Å²) in [5, 5.41) is 8.41. The number of rotatable bonds is 8. The van der Waals surface area contributed by atoms with Crippen LogP contribution in [0.2, 0.25) is 0 Å². The van der Waals surface area contributed by atoms with Gasteiger partial charge in [-0.2, -0.15) is 0 Å². The van der Waals surface area contributed by atoms with E-state index in [4.69, 9.17) is 4.74 Å². The van der Waals surface area contributed by atoms with Gasteiger partial charge in [-0.25, -0.2) is 4.79 Å². The monoisotopic (exact) mass is 383 g/mol. The van der Waals surface area contributed by atoms with Crippen molar-refractivity contribution in [1.29, 1.82) is 0 Å². The predicted octanol–water partition coefficient (Wildman–Crippen LogP) is 3.61. The third kappa shape index (κ3) is 6.95. The number of urea groups is 1. The van der Waals surface area contributed by atoms with Crippen molar-refractivity contribution in [3.8, 4) is 5.75 Å². The number of hydrogen-bond donors (Lipinski definition) is 3. The Morgan fingerprint density at radius 1 is 1.04 bits per heavy atom. The van der Waals surface area contributed by atoms with E-state index in [0.717, 1.165) is 0 Å². The van der Waals surface area contributed by atoms with Gasteiger partial charge in [0.15, 0.2) is 0 Å². The first-order chi connectivity index (χ1) is 13.3. The van der Waals surface area contributed by atoms with E-state index in [2.05, 4.69) is 54.9 Å². The first-order valence-corrected chi connectivity index (χ1v) is 9.35. The number of hydrogen-bond acceptors (Lipinski definition) is 3. The van der Waals surface area contributed by atoms with Crippen molar-refractivity contribution in [3.63, 3.8) is 0 Å². The van der Waals surface area contributed by atoms with Crippen LogP contribution in [0.1, 0.15) is 31.9 Å². The summed E-state index contributed by atoms with van der Waals surface area (Å²) >= 11 is 0. The van der Waals surface area contributed by atoms with E-state index in [1.807, 2.05) is 6.07 Å². The van der Waals surface area contributed by atoms with Gasteiger partial charge >= 0.3 is 6.03 Å². The molecule has 0 aliphatic heterocycles. The third-order valence-corrected chi connectivity index (χ3v) is 4.30. The topological polar surface area (TPSA) is 79.5 Å². The molecule has 0 aliphatic rings. The standard InChI is InChI=1S/C22H29N3O3/c1-16-7-5-8-18(13-16)22(3,4)15-24-21(27)23-11-12-28-20-10-6-9-19(14-20)25-17(2)26/h5-10,13-14H,11-12,15H2,1-4H3,(H,25,26)(H2,23,24,27). The maximum Gasteiger partial charge on any atom is 0.314 e. The highest BCUT2D eigenvalue weighted by molar-refractivity contribution is 5.88. The van der Waals surface area contributed by atoms with E-state index in [9.17, 15) is 9.59 Å². The third-order valence-electron chi connectivity index (χ3n) is 4.30. The van der Waals surface area contributed by atoms with E-state index in [-0.39, 0.29) is 17.4 Å². The lowest BCUT2D eigenvalue weighted by molar-refractivity contribution is -0.114. The van der Waals surface area contributed by atoms with E-state index in [0.29, 0.717) is 31.1 Å². The molecule has 2 rings (SSSR count). The fourth-order valence-electron chi connectivity index (χ4n) is 2.73. The molecule has 0 aliphatic carbocycles. The van der Waals surface area contributed by atoms with Gasteiger partial charge in [-0.05, 0) is 24.6 Å². The number of benzene rings is 2. The van der Waals surface area contributed by atoms with Crippen LogP contribution in [0, 0.1) is 6.92 Å². The second-order valence-corrected chi connectivity index (χ2v) is 7.42. The normalized spacial score (nSPS) is 10.9. The molecule has 2 aromatic rings. The van der Waals surface area contributed by atoms with Crippen molar-refractivity contribution in [2.24, 2.45) is 0 Å². The molecule has 3 amide bonds. The first-order valence-electron chi connectivity index (χ1n) is 9.35. The van der Waals surface area contributed by atoms with Crippen LogP contribution in [-0.4, -0.2) is 31.6 Å². The van der Waals surface area contributed by atoms with Gasteiger partial charge in [0.1, 0.15) is 12.4 Å². The SMILES string of the molecule is CC(=O)Nc1cccc(OCCNC(=O)NCC(C)(C)c2cccc(C)c2)c1. The van der Waals surface area contributed by atoms with E-state index >= 15 is 0 Å². The zero-order valence-electron chi connectivity index (χ0n) is 17.0. The van der Waals surface area contributed by atoms with Crippen LogP contribution in [0.4, 0.5) is 10.5 Å². The summed E-state index contributed by atoms with van der Waals surface area (Å²) < 4.78 is 5.61. The van der Waals surface area contributed by atoms with Crippen LogP contribution in [0.3, 0.4) is 0 Å². The summed E-state index contributed by atoms with van der Waals surface area (Å²) in [7, 11) is 0. The molecule has 0 radical (unpaired) electrons. The second-order valence-electron chi connectivity index (χ2n) is 7.42. The average Bonchev–Trinajstić information content (AvgIpc) is 2.63. The highest BCUT2D eigenvalue weighted by Gasteiger charge is 2.21. The Kier molecular flexibility index (Phi) is 7.44. The van der Waals surface area contributed by atoms with Gasteiger partial charge in [-0.15, -0.1) is 0 Å². The molecule has 28 heavy (non-hydrogen) atoms. The summed E-state index contributed by atoms with van der Waals surface area (Å²) in [6.45, 7) is 8.96. The van der Waals surface area contributed by atoms with Crippen molar-refractivity contribution >= 4 is 17.6 Å². The molecule has 3 N–H and O–H groups in total. The Labute approximate surface area is 166 Å². The maximum atomic E-state index is 12.0. The second kappa shape index (κ2) is 9.78. The predicted molar refractivity (Wildman–Crippen MR) is 112 cm³/mol. The Balaban J connectivity index is 1.72. The molecule has 0 fully saturated rings. The van der Waals surface area contributed by atoms with Crippen LogP contribution < -0.4 is 20.7 Å². The molecule has 0 bridgehead atoms. The van der Waals surface area contributed by atoms with Gasteiger partial charge in [0.2, 0.25) is 5.91 Å². The van der Waals surface area contributed by atoms with Crippen molar-refractivity contribution in [3.05, 3.63) is 59.7 Å². The smallest absolute Gasteiger partial charge is 0.314 e. The summed E-state index contributed by atoms with van der Waals surface area (Å²) in [5.41, 5.74) is 2.91. The number of carbonyl (C=O) groups is 2. The lowest BCUT2D eigenvalue weighted by atomic mass is 9.84.